The van der Waals surface area contributed by atoms with Crippen molar-refractivity contribution in [2.24, 2.45) is 0 Å². The van der Waals surface area contributed by atoms with Gasteiger partial charge >= 0.3 is 11.7 Å². The van der Waals surface area contributed by atoms with E-state index >= 15 is 0 Å². The zero-order valence-electron chi connectivity index (χ0n) is 18.8. The van der Waals surface area contributed by atoms with Gasteiger partial charge in [-0.3, -0.25) is 0 Å². The minimum absolute atomic E-state index is 0.0914. The van der Waals surface area contributed by atoms with Crippen LogP contribution in [-0.4, -0.2) is 43.9 Å². The van der Waals surface area contributed by atoms with Crippen molar-refractivity contribution in [1.82, 2.24) is 10.3 Å². The lowest BCUT2D eigenvalue weighted by molar-refractivity contribution is 0.147. The molecule has 0 fully saturated rings. The van der Waals surface area contributed by atoms with Crippen LogP contribution < -0.4 is 21.2 Å². The summed E-state index contributed by atoms with van der Waals surface area (Å²) in [7, 11) is 0. The number of benzene rings is 1. The SMILES string of the molecule is CCN(CC)c1ccc2c(C)c(CCOC(=O)NCCNc3ccccn3)c(=O)oc2c1. The lowest BCUT2D eigenvalue weighted by Crippen LogP contribution is -2.30. The van der Waals surface area contributed by atoms with Crippen LogP contribution in [0.25, 0.3) is 11.0 Å². The Morgan fingerprint density at radius 2 is 1.97 bits per heavy atom. The molecule has 1 aromatic carbocycles. The van der Waals surface area contributed by atoms with Crippen LogP contribution in [0.2, 0.25) is 0 Å². The van der Waals surface area contributed by atoms with Crippen LogP contribution in [0.1, 0.15) is 25.0 Å². The standard InChI is InChI=1S/C24H30N4O4/c1-4-28(5-2)18-9-10-19-17(3)20(23(29)32-21(19)16-18)11-15-31-24(30)27-14-13-26-22-8-6-7-12-25-22/h6-10,12,16H,4-5,11,13-15H2,1-3H3,(H,25,26)(H,27,30). The van der Waals surface area contributed by atoms with Gasteiger partial charge in [0, 0.05) is 61.5 Å². The molecule has 8 heteroatoms. The summed E-state index contributed by atoms with van der Waals surface area (Å²) in [5, 5.41) is 6.65. The number of fused-ring (bicyclic) bond motifs is 1. The fourth-order valence-electron chi connectivity index (χ4n) is 3.58. The predicted molar refractivity (Wildman–Crippen MR) is 127 cm³/mol. The minimum Gasteiger partial charge on any atom is -0.449 e. The van der Waals surface area contributed by atoms with Gasteiger partial charge in [-0.05, 0) is 50.6 Å². The van der Waals surface area contributed by atoms with E-state index in [9.17, 15) is 9.59 Å². The first-order valence-corrected chi connectivity index (χ1v) is 10.9. The molecule has 0 aliphatic rings. The Hall–Kier alpha value is -3.55. The topological polar surface area (TPSA) is 96.7 Å². The van der Waals surface area contributed by atoms with Gasteiger partial charge in [-0.2, -0.15) is 0 Å². The highest BCUT2D eigenvalue weighted by Gasteiger charge is 2.14. The van der Waals surface area contributed by atoms with E-state index in [2.05, 4.69) is 34.4 Å². The monoisotopic (exact) mass is 438 g/mol. The van der Waals surface area contributed by atoms with E-state index in [1.165, 1.54) is 0 Å². The molecule has 0 spiro atoms. The third kappa shape index (κ3) is 5.78. The largest absolute Gasteiger partial charge is 0.449 e. The highest BCUT2D eigenvalue weighted by atomic mass is 16.5. The number of amides is 1. The summed E-state index contributed by atoms with van der Waals surface area (Å²) in [4.78, 5) is 30.8. The molecule has 32 heavy (non-hydrogen) atoms. The first-order valence-electron chi connectivity index (χ1n) is 10.9. The number of carbonyl (C=O) groups is 1. The summed E-state index contributed by atoms with van der Waals surface area (Å²) in [6.07, 6.45) is 1.46. The second kappa shape index (κ2) is 11.2. The van der Waals surface area contributed by atoms with Crippen LogP contribution in [0, 0.1) is 6.92 Å². The van der Waals surface area contributed by atoms with Gasteiger partial charge in [0.15, 0.2) is 0 Å². The number of nitrogens with zero attached hydrogens (tertiary/aromatic N) is 2. The van der Waals surface area contributed by atoms with Crippen molar-refractivity contribution in [1.29, 1.82) is 0 Å². The summed E-state index contributed by atoms with van der Waals surface area (Å²) in [5.74, 6) is 0.741. The molecule has 0 radical (unpaired) electrons. The second-order valence-corrected chi connectivity index (χ2v) is 7.30. The van der Waals surface area contributed by atoms with Gasteiger partial charge < -0.3 is 24.7 Å². The molecule has 0 saturated carbocycles. The molecule has 2 aromatic heterocycles. The number of nitrogens with one attached hydrogen (secondary N) is 2. The average molecular weight is 439 g/mol. The maximum absolute atomic E-state index is 12.5. The Bertz CT molecular complexity index is 1090. The van der Waals surface area contributed by atoms with Crippen LogP contribution in [0.3, 0.4) is 0 Å². The Morgan fingerprint density at radius 1 is 1.16 bits per heavy atom. The quantitative estimate of drug-likeness (QED) is 0.368. The zero-order chi connectivity index (χ0) is 22.9. The Morgan fingerprint density at radius 3 is 2.69 bits per heavy atom. The van der Waals surface area contributed by atoms with Crippen molar-refractivity contribution in [3.63, 3.8) is 0 Å². The van der Waals surface area contributed by atoms with Crippen molar-refractivity contribution < 1.29 is 13.9 Å². The number of rotatable bonds is 10. The number of hydrogen-bond acceptors (Lipinski definition) is 7. The molecule has 0 saturated heterocycles. The molecule has 0 aliphatic heterocycles. The molecule has 170 valence electrons. The number of carbonyl (C=O) groups excluding carboxylic acids is 1. The number of aryl methyl sites for hydroxylation is 1. The molecule has 1 amide bonds. The number of alkyl carbamates (subject to hydrolysis) is 1. The molecule has 2 N–H and O–H groups in total. The summed E-state index contributed by atoms with van der Waals surface area (Å²) in [5.41, 5.74) is 2.58. The molecular weight excluding hydrogens is 408 g/mol. The fourth-order valence-corrected chi connectivity index (χ4v) is 3.58. The van der Waals surface area contributed by atoms with E-state index in [4.69, 9.17) is 9.15 Å². The van der Waals surface area contributed by atoms with E-state index in [-0.39, 0.29) is 6.61 Å². The average Bonchev–Trinajstić information content (AvgIpc) is 2.80. The van der Waals surface area contributed by atoms with Gasteiger partial charge in [-0.15, -0.1) is 0 Å². The van der Waals surface area contributed by atoms with E-state index in [1.54, 1.807) is 6.20 Å². The summed E-state index contributed by atoms with van der Waals surface area (Å²) in [6, 6.07) is 11.5. The molecule has 8 nitrogen and oxygen atoms in total. The van der Waals surface area contributed by atoms with Gasteiger partial charge in [0.25, 0.3) is 0 Å². The number of ether oxygens (including phenoxy) is 1. The van der Waals surface area contributed by atoms with Crippen molar-refractivity contribution in [3.05, 3.63) is 64.1 Å². The Labute approximate surface area is 187 Å². The number of hydrogen-bond donors (Lipinski definition) is 2. The molecule has 0 atom stereocenters. The van der Waals surface area contributed by atoms with E-state index in [1.807, 2.05) is 43.3 Å². The maximum Gasteiger partial charge on any atom is 0.407 e. The summed E-state index contributed by atoms with van der Waals surface area (Å²) in [6.45, 7) is 8.83. The Balaban J connectivity index is 1.53. The van der Waals surface area contributed by atoms with Crippen LogP contribution in [0.4, 0.5) is 16.3 Å². The van der Waals surface area contributed by atoms with Crippen molar-refractivity contribution >= 4 is 28.6 Å². The van der Waals surface area contributed by atoms with E-state index in [0.717, 1.165) is 35.5 Å². The third-order valence-electron chi connectivity index (χ3n) is 5.35. The number of aromatic nitrogens is 1. The number of anilines is 2. The van der Waals surface area contributed by atoms with Gasteiger partial charge in [0.2, 0.25) is 0 Å². The molecule has 3 rings (SSSR count). The van der Waals surface area contributed by atoms with Crippen LogP contribution >= 0.6 is 0 Å². The maximum atomic E-state index is 12.5. The zero-order valence-corrected chi connectivity index (χ0v) is 18.8. The smallest absolute Gasteiger partial charge is 0.407 e. The Kier molecular flexibility index (Phi) is 8.08. The van der Waals surface area contributed by atoms with Crippen LogP contribution in [0.5, 0.6) is 0 Å². The first kappa shape index (κ1) is 23.1. The normalized spacial score (nSPS) is 10.7. The molecule has 0 bridgehead atoms. The molecule has 3 aromatic rings. The van der Waals surface area contributed by atoms with Crippen LogP contribution in [0.15, 0.2) is 51.8 Å². The van der Waals surface area contributed by atoms with Gasteiger partial charge in [0.1, 0.15) is 11.4 Å². The lowest BCUT2D eigenvalue weighted by atomic mass is 10.0. The molecule has 0 unspecified atom stereocenters. The highest BCUT2D eigenvalue weighted by Crippen LogP contribution is 2.25. The highest BCUT2D eigenvalue weighted by molar-refractivity contribution is 5.84. The minimum atomic E-state index is -0.528. The fraction of sp³-hybridized carbons (Fsp3) is 0.375. The molecule has 2 heterocycles. The summed E-state index contributed by atoms with van der Waals surface area (Å²) >= 11 is 0. The third-order valence-corrected chi connectivity index (χ3v) is 5.35. The second-order valence-electron chi connectivity index (χ2n) is 7.30. The van der Waals surface area contributed by atoms with E-state index < -0.39 is 11.7 Å². The van der Waals surface area contributed by atoms with E-state index in [0.29, 0.717) is 30.7 Å². The van der Waals surface area contributed by atoms with Gasteiger partial charge in [-0.25, -0.2) is 14.6 Å². The summed E-state index contributed by atoms with van der Waals surface area (Å²) < 4.78 is 10.8. The molecule has 0 aliphatic carbocycles. The van der Waals surface area contributed by atoms with Crippen LogP contribution in [-0.2, 0) is 11.2 Å². The molecular formula is C24H30N4O4. The van der Waals surface area contributed by atoms with Gasteiger partial charge in [-0.1, -0.05) is 6.07 Å². The predicted octanol–water partition coefficient (Wildman–Crippen LogP) is 3.72. The van der Waals surface area contributed by atoms with Crippen molar-refractivity contribution in [3.8, 4) is 0 Å². The lowest BCUT2D eigenvalue weighted by Gasteiger charge is -2.21. The van der Waals surface area contributed by atoms with Crippen molar-refractivity contribution in [2.75, 3.05) is 43.0 Å². The van der Waals surface area contributed by atoms with Gasteiger partial charge in [0.05, 0.1) is 6.61 Å². The first-order chi connectivity index (χ1) is 15.5. The van der Waals surface area contributed by atoms with Crippen molar-refractivity contribution in [2.45, 2.75) is 27.2 Å². The number of pyridine rings is 1.